The van der Waals surface area contributed by atoms with E-state index in [0.717, 1.165) is 0 Å². The summed E-state index contributed by atoms with van der Waals surface area (Å²) in [5.41, 5.74) is 2.19. The van der Waals surface area contributed by atoms with Crippen molar-refractivity contribution in [2.24, 2.45) is 0 Å². The number of benzene rings is 4. The highest BCUT2D eigenvalue weighted by molar-refractivity contribution is 6.04. The van der Waals surface area contributed by atoms with Crippen LogP contribution in [0.5, 0.6) is 0 Å². The Labute approximate surface area is 222 Å². The minimum Gasteiger partial charge on any atom is -0.348 e. The van der Waals surface area contributed by atoms with Gasteiger partial charge < -0.3 is 16.0 Å². The van der Waals surface area contributed by atoms with Crippen LogP contribution in [-0.2, 0) is 19.6 Å². The minimum absolute atomic E-state index is 0.0680. The molecule has 0 aromatic heterocycles. The van der Waals surface area contributed by atoms with Crippen LogP contribution >= 0.6 is 0 Å². The van der Waals surface area contributed by atoms with Gasteiger partial charge in [0, 0.05) is 36.3 Å². The Morgan fingerprint density at radius 1 is 0.436 bits per heavy atom. The van der Waals surface area contributed by atoms with Crippen molar-refractivity contribution in [2.45, 2.75) is 19.6 Å². The maximum absolute atomic E-state index is 13.2. The van der Waals surface area contributed by atoms with Crippen molar-refractivity contribution in [1.29, 1.82) is 0 Å². The molecule has 0 radical (unpaired) electrons. The zero-order chi connectivity index (χ0) is 27.8. The summed E-state index contributed by atoms with van der Waals surface area (Å²) in [6.45, 7) is 0.310. The molecule has 0 fully saturated rings. The molecule has 0 aliphatic rings. The number of halogens is 3. The van der Waals surface area contributed by atoms with Gasteiger partial charge in [0.15, 0.2) is 0 Å². The molecule has 3 N–H and O–H groups in total. The molecule has 0 bridgehead atoms. The molecule has 3 amide bonds. The van der Waals surface area contributed by atoms with Crippen molar-refractivity contribution < 1.29 is 27.6 Å². The summed E-state index contributed by atoms with van der Waals surface area (Å²) in [4.78, 5) is 38.8. The molecular formula is C30H24F3N3O3. The van der Waals surface area contributed by atoms with Gasteiger partial charge in [0.25, 0.3) is 17.7 Å². The number of amides is 3. The summed E-state index contributed by atoms with van der Waals surface area (Å²) in [6.07, 6.45) is 0. The number of carbonyl (C=O) groups is 3. The van der Waals surface area contributed by atoms with E-state index in [0.29, 0.717) is 16.7 Å². The Bertz CT molecular complexity index is 1280. The van der Waals surface area contributed by atoms with Crippen LogP contribution in [0, 0.1) is 17.5 Å². The standard InChI is InChI=1S/C30H24F3N3O3/c31-25-7-1-19(2-8-25)16-34-28(37)22-13-23(29(38)35-17-20-3-9-26(32)10-4-20)15-24(14-22)30(39)36-18-21-5-11-27(33)12-6-21/h1-15H,16-18H2,(H,34,37)(H,35,38)(H,36,39). The molecule has 4 aromatic carbocycles. The van der Waals surface area contributed by atoms with Gasteiger partial charge in [-0.1, -0.05) is 36.4 Å². The first kappa shape index (κ1) is 27.1. The molecule has 4 rings (SSSR count). The molecule has 0 spiro atoms. The van der Waals surface area contributed by atoms with Gasteiger partial charge in [0.1, 0.15) is 17.5 Å². The van der Waals surface area contributed by atoms with E-state index in [-0.39, 0.29) is 36.3 Å². The topological polar surface area (TPSA) is 87.3 Å². The van der Waals surface area contributed by atoms with Crippen LogP contribution in [0.4, 0.5) is 13.2 Å². The summed E-state index contributed by atoms with van der Waals surface area (Å²) in [5, 5.41) is 8.09. The first-order valence-electron chi connectivity index (χ1n) is 12.0. The Morgan fingerprint density at radius 2 is 0.667 bits per heavy atom. The van der Waals surface area contributed by atoms with Gasteiger partial charge in [-0.25, -0.2) is 13.2 Å². The Hall–Kier alpha value is -4.92. The minimum atomic E-state index is -0.542. The number of nitrogens with one attached hydrogen (secondary N) is 3. The van der Waals surface area contributed by atoms with Crippen molar-refractivity contribution in [3.05, 3.63) is 142 Å². The zero-order valence-electron chi connectivity index (χ0n) is 20.6. The van der Waals surface area contributed by atoms with E-state index >= 15 is 0 Å². The van der Waals surface area contributed by atoms with Crippen molar-refractivity contribution in [2.75, 3.05) is 0 Å². The molecule has 4 aromatic rings. The summed E-state index contributed by atoms with van der Waals surface area (Å²) in [7, 11) is 0. The number of hydrogen-bond donors (Lipinski definition) is 3. The van der Waals surface area contributed by atoms with Crippen LogP contribution in [0.15, 0.2) is 91.0 Å². The van der Waals surface area contributed by atoms with Gasteiger partial charge in [-0.05, 0) is 71.3 Å². The van der Waals surface area contributed by atoms with E-state index in [1.165, 1.54) is 91.0 Å². The maximum Gasteiger partial charge on any atom is 0.251 e. The molecule has 0 saturated carbocycles. The van der Waals surface area contributed by atoms with Crippen molar-refractivity contribution in [3.63, 3.8) is 0 Å². The van der Waals surface area contributed by atoms with Gasteiger partial charge in [-0.3, -0.25) is 14.4 Å². The largest absolute Gasteiger partial charge is 0.348 e. The number of hydrogen-bond acceptors (Lipinski definition) is 3. The molecule has 0 aliphatic heterocycles. The fourth-order valence-electron chi connectivity index (χ4n) is 3.68. The van der Waals surface area contributed by atoms with Crippen LogP contribution in [-0.4, -0.2) is 17.7 Å². The van der Waals surface area contributed by atoms with E-state index < -0.39 is 35.2 Å². The molecule has 0 heterocycles. The van der Waals surface area contributed by atoms with Crippen molar-refractivity contribution in [3.8, 4) is 0 Å². The normalized spacial score (nSPS) is 10.5. The van der Waals surface area contributed by atoms with Crippen molar-refractivity contribution >= 4 is 17.7 Å². The highest BCUT2D eigenvalue weighted by Crippen LogP contribution is 2.14. The fraction of sp³-hybridized carbons (Fsp3) is 0.100. The van der Waals surface area contributed by atoms with Gasteiger partial charge >= 0.3 is 0 Å². The van der Waals surface area contributed by atoms with E-state index in [9.17, 15) is 27.6 Å². The number of rotatable bonds is 9. The second kappa shape index (κ2) is 12.6. The van der Waals surface area contributed by atoms with E-state index in [4.69, 9.17) is 0 Å². The predicted molar refractivity (Wildman–Crippen MR) is 139 cm³/mol. The average Bonchev–Trinajstić information content (AvgIpc) is 2.95. The summed E-state index contributed by atoms with van der Waals surface area (Å²) < 4.78 is 39.5. The third-order valence-electron chi connectivity index (χ3n) is 5.82. The van der Waals surface area contributed by atoms with E-state index in [2.05, 4.69) is 16.0 Å². The molecule has 0 unspecified atom stereocenters. The summed E-state index contributed by atoms with van der Waals surface area (Å²) in [5.74, 6) is -2.83. The first-order valence-corrected chi connectivity index (χ1v) is 12.0. The molecule has 39 heavy (non-hydrogen) atoms. The monoisotopic (exact) mass is 531 g/mol. The molecule has 0 aliphatic carbocycles. The highest BCUT2D eigenvalue weighted by Gasteiger charge is 2.17. The van der Waals surface area contributed by atoms with Crippen LogP contribution in [0.2, 0.25) is 0 Å². The maximum atomic E-state index is 13.2. The molecule has 0 saturated heterocycles. The van der Waals surface area contributed by atoms with Gasteiger partial charge in [-0.15, -0.1) is 0 Å². The quantitative estimate of drug-likeness (QED) is 0.287. The second-order valence-electron chi connectivity index (χ2n) is 8.73. The highest BCUT2D eigenvalue weighted by atomic mass is 19.1. The lowest BCUT2D eigenvalue weighted by Gasteiger charge is -2.12. The number of carbonyl (C=O) groups excluding carboxylic acids is 3. The molecule has 198 valence electrons. The molecule has 6 nitrogen and oxygen atoms in total. The Kier molecular flexibility index (Phi) is 8.73. The van der Waals surface area contributed by atoms with Crippen LogP contribution < -0.4 is 16.0 Å². The molecule has 0 atom stereocenters. The third-order valence-corrected chi connectivity index (χ3v) is 5.82. The van der Waals surface area contributed by atoms with Gasteiger partial charge in [0.05, 0.1) is 0 Å². The van der Waals surface area contributed by atoms with Gasteiger partial charge in [0.2, 0.25) is 0 Å². The second-order valence-corrected chi connectivity index (χ2v) is 8.73. The third kappa shape index (κ3) is 7.78. The van der Waals surface area contributed by atoms with Crippen LogP contribution in [0.25, 0.3) is 0 Å². The molecule has 9 heteroatoms. The lowest BCUT2D eigenvalue weighted by Crippen LogP contribution is -2.28. The lowest BCUT2D eigenvalue weighted by molar-refractivity contribution is 0.0950. The van der Waals surface area contributed by atoms with E-state index in [1.807, 2.05) is 0 Å². The fourth-order valence-corrected chi connectivity index (χ4v) is 3.68. The SMILES string of the molecule is O=C(NCc1ccc(F)cc1)c1cc(C(=O)NCc2ccc(F)cc2)cc(C(=O)NCc2ccc(F)cc2)c1. The predicted octanol–water partition coefficient (Wildman–Crippen LogP) is 4.89. The van der Waals surface area contributed by atoms with Crippen LogP contribution in [0.1, 0.15) is 47.8 Å². The summed E-state index contributed by atoms with van der Waals surface area (Å²) in [6, 6.07) is 20.9. The first-order chi connectivity index (χ1) is 18.8. The Morgan fingerprint density at radius 3 is 0.897 bits per heavy atom. The Balaban J connectivity index is 1.52. The average molecular weight is 532 g/mol. The zero-order valence-corrected chi connectivity index (χ0v) is 20.6. The van der Waals surface area contributed by atoms with Crippen LogP contribution in [0.3, 0.4) is 0 Å². The van der Waals surface area contributed by atoms with E-state index in [1.54, 1.807) is 0 Å². The van der Waals surface area contributed by atoms with Crippen molar-refractivity contribution in [1.82, 2.24) is 16.0 Å². The summed E-state index contributed by atoms with van der Waals surface area (Å²) >= 11 is 0. The van der Waals surface area contributed by atoms with Gasteiger partial charge in [-0.2, -0.15) is 0 Å². The molecular weight excluding hydrogens is 507 g/mol. The lowest BCUT2D eigenvalue weighted by atomic mass is 10.0. The smallest absolute Gasteiger partial charge is 0.251 e.